The predicted molar refractivity (Wildman–Crippen MR) is 97.4 cm³/mol. The average molecular weight is 445 g/mol. The second-order valence-corrected chi connectivity index (χ2v) is 6.48. The van der Waals surface area contributed by atoms with Crippen molar-refractivity contribution in [1.82, 2.24) is 20.9 Å². The molecule has 1 aromatic carbocycles. The van der Waals surface area contributed by atoms with Gasteiger partial charge < -0.3 is 10.6 Å². The van der Waals surface area contributed by atoms with E-state index in [2.05, 4.69) is 16.0 Å². The van der Waals surface area contributed by atoms with Crippen LogP contribution in [0.5, 0.6) is 0 Å². The molecule has 0 spiro atoms. The second kappa shape index (κ2) is 9.97. The molecule has 1 unspecified atom stereocenters. The molecule has 0 aromatic heterocycles. The molecule has 1 fully saturated rings. The third-order valence-electron chi connectivity index (χ3n) is 4.24. The van der Waals surface area contributed by atoms with E-state index in [1.54, 1.807) is 0 Å². The molecule has 1 aliphatic rings. The maximum absolute atomic E-state index is 12.8. The third kappa shape index (κ3) is 6.74. The van der Waals surface area contributed by atoms with Gasteiger partial charge in [0.05, 0.1) is 17.5 Å². The van der Waals surface area contributed by atoms with Gasteiger partial charge in [0.2, 0.25) is 17.7 Å². The molecule has 168 valence electrons. The summed E-state index contributed by atoms with van der Waals surface area (Å²) >= 11 is 0. The summed E-state index contributed by atoms with van der Waals surface area (Å²) in [5, 5.41) is 17.9. The van der Waals surface area contributed by atoms with Crippen LogP contribution in [0.15, 0.2) is 24.3 Å². The highest BCUT2D eigenvalue weighted by Crippen LogP contribution is 2.18. The van der Waals surface area contributed by atoms with Gasteiger partial charge in [-0.3, -0.25) is 39.5 Å². The van der Waals surface area contributed by atoms with Crippen LogP contribution in [-0.4, -0.2) is 71.8 Å². The first-order valence-corrected chi connectivity index (χ1v) is 8.91. The second-order valence-electron chi connectivity index (χ2n) is 6.48. The molecule has 11 nitrogen and oxygen atoms in total. The largest absolute Gasteiger partial charge is 0.471 e. The zero-order chi connectivity index (χ0) is 23.2. The molecule has 4 amide bonds. The van der Waals surface area contributed by atoms with Crippen LogP contribution in [0.3, 0.4) is 0 Å². The Morgan fingerprint density at radius 2 is 1.74 bits per heavy atom. The summed E-state index contributed by atoms with van der Waals surface area (Å²) in [7, 11) is 0. The van der Waals surface area contributed by atoms with E-state index in [0.717, 1.165) is 0 Å². The zero-order valence-electron chi connectivity index (χ0n) is 15.9. The van der Waals surface area contributed by atoms with Crippen LogP contribution in [0.25, 0.3) is 0 Å². The molecule has 0 bridgehead atoms. The molecule has 1 heterocycles. The van der Waals surface area contributed by atoms with Crippen molar-refractivity contribution in [2.24, 2.45) is 0 Å². The minimum atomic E-state index is -5.37. The number of amides is 4. The lowest BCUT2D eigenvalue weighted by atomic mass is 10.0. The first kappa shape index (κ1) is 23.7. The van der Waals surface area contributed by atoms with Gasteiger partial charge in [0.25, 0.3) is 5.69 Å². The highest BCUT2D eigenvalue weighted by atomic mass is 19.4. The number of halogens is 3. The number of nitro benzene ring substituents is 1. The smallest absolute Gasteiger partial charge is 0.353 e. The SMILES string of the molecule is O=C1CN(C(=O)C(F)(F)F)C(=O)CNC(Cc2ccc([N+](=O)[O-])cc2)C(=O)NCCN1. The molecular formula is C17H18F3N5O6. The Labute approximate surface area is 173 Å². The van der Waals surface area contributed by atoms with E-state index in [9.17, 15) is 42.5 Å². The van der Waals surface area contributed by atoms with E-state index >= 15 is 0 Å². The molecule has 1 saturated heterocycles. The van der Waals surface area contributed by atoms with Crippen LogP contribution in [0.4, 0.5) is 18.9 Å². The van der Waals surface area contributed by atoms with Crippen molar-refractivity contribution >= 4 is 29.3 Å². The van der Waals surface area contributed by atoms with Gasteiger partial charge in [-0.15, -0.1) is 0 Å². The number of rotatable bonds is 3. The molecule has 0 aliphatic carbocycles. The minimum Gasteiger partial charge on any atom is -0.353 e. The van der Waals surface area contributed by atoms with Gasteiger partial charge in [-0.05, 0) is 12.0 Å². The number of nitrogens with zero attached hydrogens (tertiary/aromatic N) is 2. The van der Waals surface area contributed by atoms with Gasteiger partial charge >= 0.3 is 12.1 Å². The number of nitro groups is 1. The molecule has 0 radical (unpaired) electrons. The van der Waals surface area contributed by atoms with Crippen molar-refractivity contribution < 1.29 is 37.3 Å². The number of hydrogen-bond acceptors (Lipinski definition) is 7. The Kier molecular flexibility index (Phi) is 7.63. The number of non-ortho nitro benzene ring substituents is 1. The third-order valence-corrected chi connectivity index (χ3v) is 4.24. The number of alkyl halides is 3. The number of hydrogen-bond donors (Lipinski definition) is 3. The zero-order valence-corrected chi connectivity index (χ0v) is 15.9. The van der Waals surface area contributed by atoms with E-state index in [0.29, 0.717) is 5.56 Å². The van der Waals surface area contributed by atoms with Gasteiger partial charge in [0.15, 0.2) is 0 Å². The summed E-state index contributed by atoms with van der Waals surface area (Å²) in [5.74, 6) is -5.46. The normalized spacial score (nSPS) is 19.0. The number of carbonyl (C=O) groups is 4. The minimum absolute atomic E-state index is 0.0450. The number of carbonyl (C=O) groups excluding carboxylic acids is 4. The number of benzene rings is 1. The molecule has 0 saturated carbocycles. The fraction of sp³-hybridized carbons (Fsp3) is 0.412. The van der Waals surface area contributed by atoms with Crippen molar-refractivity contribution in [2.75, 3.05) is 26.2 Å². The predicted octanol–water partition coefficient (Wildman–Crippen LogP) is -0.741. The van der Waals surface area contributed by atoms with Crippen molar-refractivity contribution in [1.29, 1.82) is 0 Å². The van der Waals surface area contributed by atoms with Gasteiger partial charge in [-0.25, -0.2) is 0 Å². The van der Waals surface area contributed by atoms with Crippen LogP contribution in [0, 0.1) is 10.1 Å². The number of imide groups is 1. The van der Waals surface area contributed by atoms with E-state index in [4.69, 9.17) is 0 Å². The molecule has 31 heavy (non-hydrogen) atoms. The Bertz CT molecular complexity index is 874. The Hall–Kier alpha value is -3.55. The molecule has 1 aromatic rings. The summed E-state index contributed by atoms with van der Waals surface area (Å²) in [6.45, 7) is -2.15. The first-order valence-electron chi connectivity index (χ1n) is 8.91. The average Bonchev–Trinajstić information content (AvgIpc) is 2.70. The monoisotopic (exact) mass is 445 g/mol. The van der Waals surface area contributed by atoms with Crippen LogP contribution in [-0.2, 0) is 25.6 Å². The summed E-state index contributed by atoms with van der Waals surface area (Å²) < 4.78 is 38.4. The quantitative estimate of drug-likeness (QED) is 0.410. The topological polar surface area (TPSA) is 151 Å². The van der Waals surface area contributed by atoms with Crippen LogP contribution in [0.2, 0.25) is 0 Å². The fourth-order valence-electron chi connectivity index (χ4n) is 2.69. The molecule has 1 atom stereocenters. The molecule has 1 aliphatic heterocycles. The fourth-order valence-corrected chi connectivity index (χ4v) is 2.69. The standard InChI is InChI=1S/C17H18F3N5O6/c18-17(19,20)16(29)24-9-13(26)21-5-6-22-15(28)12(23-8-14(24)27)7-10-1-3-11(4-2-10)25(30)31/h1-4,12,23H,5-9H2,(H,21,26)(H,22,28). The Morgan fingerprint density at radius 1 is 1.13 bits per heavy atom. The maximum atomic E-state index is 12.8. The Balaban J connectivity index is 2.20. The lowest BCUT2D eigenvalue weighted by Gasteiger charge is -2.25. The number of nitrogens with one attached hydrogen (secondary N) is 3. The summed E-state index contributed by atoms with van der Waals surface area (Å²) in [5.41, 5.74) is 0.307. The highest BCUT2D eigenvalue weighted by Gasteiger charge is 2.45. The van der Waals surface area contributed by atoms with Gasteiger partial charge in [0, 0.05) is 25.2 Å². The van der Waals surface area contributed by atoms with Gasteiger partial charge in [-0.2, -0.15) is 13.2 Å². The van der Waals surface area contributed by atoms with E-state index in [-0.39, 0.29) is 30.1 Å². The van der Waals surface area contributed by atoms with E-state index < -0.39 is 53.9 Å². The highest BCUT2D eigenvalue weighted by molar-refractivity contribution is 6.02. The van der Waals surface area contributed by atoms with Crippen LogP contribution in [0.1, 0.15) is 5.56 Å². The summed E-state index contributed by atoms with van der Waals surface area (Å²) in [6, 6.07) is 4.12. The van der Waals surface area contributed by atoms with Gasteiger partial charge in [-0.1, -0.05) is 12.1 Å². The van der Waals surface area contributed by atoms with Crippen molar-refractivity contribution in [3.05, 3.63) is 39.9 Å². The first-order chi connectivity index (χ1) is 14.5. The molecule has 3 N–H and O–H groups in total. The Morgan fingerprint density at radius 3 is 2.32 bits per heavy atom. The van der Waals surface area contributed by atoms with Crippen LogP contribution < -0.4 is 16.0 Å². The van der Waals surface area contributed by atoms with Gasteiger partial charge in [0.1, 0.15) is 6.54 Å². The van der Waals surface area contributed by atoms with E-state index in [1.165, 1.54) is 24.3 Å². The lowest BCUT2D eigenvalue weighted by Crippen LogP contribution is -2.56. The molecule has 14 heteroatoms. The van der Waals surface area contributed by atoms with Crippen molar-refractivity contribution in [3.8, 4) is 0 Å². The lowest BCUT2D eigenvalue weighted by molar-refractivity contribution is -0.384. The summed E-state index contributed by atoms with van der Waals surface area (Å²) in [6.07, 6.45) is -5.42. The van der Waals surface area contributed by atoms with Crippen LogP contribution >= 0.6 is 0 Å². The molecule has 2 rings (SSSR count). The molecular weight excluding hydrogens is 427 g/mol. The van der Waals surface area contributed by atoms with Crippen molar-refractivity contribution in [2.45, 2.75) is 18.6 Å². The van der Waals surface area contributed by atoms with E-state index in [1.807, 2.05) is 0 Å². The summed E-state index contributed by atoms with van der Waals surface area (Å²) in [4.78, 5) is 57.8. The maximum Gasteiger partial charge on any atom is 0.471 e. The van der Waals surface area contributed by atoms with Crippen molar-refractivity contribution in [3.63, 3.8) is 0 Å².